The zero-order valence-electron chi connectivity index (χ0n) is 12.6. The molecule has 19 heavy (non-hydrogen) atoms. The van der Waals surface area contributed by atoms with Crippen LogP contribution in [-0.4, -0.2) is 41.4 Å². The molecule has 1 unspecified atom stereocenters. The van der Waals surface area contributed by atoms with Crippen molar-refractivity contribution >= 4 is 0 Å². The molecule has 1 N–H and O–H groups in total. The number of hydrogen-bond donors (Lipinski definition) is 1. The van der Waals surface area contributed by atoms with Gasteiger partial charge in [0.1, 0.15) is 0 Å². The zero-order chi connectivity index (χ0) is 13.7. The maximum Gasteiger partial charge on any atom is 0.0762 e. The highest BCUT2D eigenvalue weighted by Gasteiger charge is 2.17. The van der Waals surface area contributed by atoms with E-state index in [-0.39, 0.29) is 0 Å². The number of nitrogens with one attached hydrogen (secondary N) is 1. The topological polar surface area (TPSA) is 33.1 Å². The van der Waals surface area contributed by atoms with E-state index in [9.17, 15) is 0 Å². The van der Waals surface area contributed by atoms with Crippen LogP contribution in [0.4, 0.5) is 0 Å². The number of aromatic nitrogens is 2. The van der Waals surface area contributed by atoms with E-state index in [0.29, 0.717) is 12.1 Å². The van der Waals surface area contributed by atoms with Crippen molar-refractivity contribution in [3.05, 3.63) is 18.0 Å². The van der Waals surface area contributed by atoms with Crippen LogP contribution >= 0.6 is 0 Å². The fourth-order valence-electron chi connectivity index (χ4n) is 2.68. The van der Waals surface area contributed by atoms with E-state index < -0.39 is 0 Å². The van der Waals surface area contributed by atoms with Crippen molar-refractivity contribution in [2.45, 2.75) is 57.7 Å². The van der Waals surface area contributed by atoms with E-state index in [1.54, 1.807) is 0 Å². The molecule has 1 aromatic heterocycles. The lowest BCUT2D eigenvalue weighted by molar-refractivity contribution is 0.364. The van der Waals surface area contributed by atoms with E-state index in [2.05, 4.69) is 48.2 Å². The molecule has 2 rings (SSSR count). The molecule has 0 bridgehead atoms. The first-order chi connectivity index (χ1) is 9.15. The lowest BCUT2D eigenvalue weighted by atomic mass is 10.2. The van der Waals surface area contributed by atoms with E-state index in [0.717, 1.165) is 13.1 Å². The van der Waals surface area contributed by atoms with Gasteiger partial charge in [-0.1, -0.05) is 12.8 Å². The van der Waals surface area contributed by atoms with Crippen molar-refractivity contribution in [2.24, 2.45) is 0 Å². The Bertz CT molecular complexity index is 366. The fourth-order valence-corrected chi connectivity index (χ4v) is 2.68. The van der Waals surface area contributed by atoms with Crippen molar-refractivity contribution in [1.29, 1.82) is 0 Å². The van der Waals surface area contributed by atoms with Crippen molar-refractivity contribution < 1.29 is 0 Å². The fraction of sp³-hybridized carbons (Fsp3) is 0.800. The SMILES string of the molecule is CC(CCN(C)C)NCc1ccn(C2CCCC2)n1. The minimum Gasteiger partial charge on any atom is -0.309 e. The Kier molecular flexibility index (Phi) is 5.40. The average molecular weight is 264 g/mol. The number of nitrogens with zero attached hydrogens (tertiary/aromatic N) is 3. The first-order valence-corrected chi connectivity index (χ1v) is 7.57. The van der Waals surface area contributed by atoms with Crippen molar-refractivity contribution in [1.82, 2.24) is 20.0 Å². The lowest BCUT2D eigenvalue weighted by Crippen LogP contribution is -2.29. The maximum atomic E-state index is 4.70. The van der Waals surface area contributed by atoms with Gasteiger partial charge in [0.2, 0.25) is 0 Å². The zero-order valence-corrected chi connectivity index (χ0v) is 12.6. The molecule has 0 aliphatic heterocycles. The van der Waals surface area contributed by atoms with E-state index >= 15 is 0 Å². The molecule has 1 saturated carbocycles. The van der Waals surface area contributed by atoms with Gasteiger partial charge in [-0.3, -0.25) is 4.68 Å². The minimum atomic E-state index is 0.541. The summed E-state index contributed by atoms with van der Waals surface area (Å²) in [5, 5.41) is 8.26. The molecule has 4 heteroatoms. The molecule has 1 atom stereocenters. The Balaban J connectivity index is 1.73. The summed E-state index contributed by atoms with van der Waals surface area (Å²) in [5.41, 5.74) is 1.17. The molecule has 108 valence electrons. The van der Waals surface area contributed by atoms with Gasteiger partial charge in [0.15, 0.2) is 0 Å². The molecule has 0 radical (unpaired) electrons. The van der Waals surface area contributed by atoms with Gasteiger partial charge in [-0.2, -0.15) is 5.10 Å². The van der Waals surface area contributed by atoms with E-state index in [1.807, 2.05) is 0 Å². The van der Waals surface area contributed by atoms with Gasteiger partial charge < -0.3 is 10.2 Å². The molecule has 4 nitrogen and oxygen atoms in total. The number of rotatable bonds is 7. The highest BCUT2D eigenvalue weighted by Crippen LogP contribution is 2.28. The van der Waals surface area contributed by atoms with Crippen LogP contribution in [0.3, 0.4) is 0 Å². The Hall–Kier alpha value is -0.870. The third-order valence-electron chi connectivity index (χ3n) is 4.00. The standard InChI is InChI=1S/C15H28N4/c1-13(8-10-18(2)3)16-12-14-9-11-19(17-14)15-6-4-5-7-15/h9,11,13,15-16H,4-8,10,12H2,1-3H3. The van der Waals surface area contributed by atoms with Gasteiger partial charge in [-0.15, -0.1) is 0 Å². The Labute approximate surface area is 117 Å². The summed E-state index contributed by atoms with van der Waals surface area (Å²) in [4.78, 5) is 2.23. The molecule has 1 fully saturated rings. The van der Waals surface area contributed by atoms with Gasteiger partial charge in [-0.05, 0) is 52.9 Å². The molecule has 1 heterocycles. The molecule has 1 aromatic rings. The van der Waals surface area contributed by atoms with Crippen LogP contribution in [0.25, 0.3) is 0 Å². The summed E-state index contributed by atoms with van der Waals surface area (Å²) in [7, 11) is 4.24. The summed E-state index contributed by atoms with van der Waals surface area (Å²) in [6, 6.07) is 3.35. The molecular formula is C15H28N4. The third kappa shape index (κ3) is 4.62. The second-order valence-corrected chi connectivity index (χ2v) is 6.10. The first-order valence-electron chi connectivity index (χ1n) is 7.57. The van der Waals surface area contributed by atoms with Crippen LogP contribution in [0.2, 0.25) is 0 Å². The molecule has 0 spiro atoms. The molecule has 1 aliphatic rings. The molecule has 1 aliphatic carbocycles. The number of hydrogen-bond acceptors (Lipinski definition) is 3. The lowest BCUT2D eigenvalue weighted by Gasteiger charge is -2.16. The Morgan fingerprint density at radius 2 is 2.16 bits per heavy atom. The summed E-state index contributed by atoms with van der Waals surface area (Å²) in [6.07, 6.45) is 8.65. The average Bonchev–Trinajstić information content (AvgIpc) is 3.03. The first kappa shape index (κ1) is 14.5. The second kappa shape index (κ2) is 7.06. The second-order valence-electron chi connectivity index (χ2n) is 6.10. The largest absolute Gasteiger partial charge is 0.309 e. The Morgan fingerprint density at radius 1 is 1.42 bits per heavy atom. The molecular weight excluding hydrogens is 236 g/mol. The van der Waals surface area contributed by atoms with Gasteiger partial charge >= 0.3 is 0 Å². The van der Waals surface area contributed by atoms with Crippen molar-refractivity contribution in [3.63, 3.8) is 0 Å². The quantitative estimate of drug-likeness (QED) is 0.821. The highest BCUT2D eigenvalue weighted by molar-refractivity contribution is 5.00. The van der Waals surface area contributed by atoms with Crippen LogP contribution in [0.5, 0.6) is 0 Å². The minimum absolute atomic E-state index is 0.541. The summed E-state index contributed by atoms with van der Waals surface area (Å²) in [5.74, 6) is 0. The summed E-state index contributed by atoms with van der Waals surface area (Å²) >= 11 is 0. The molecule has 0 saturated heterocycles. The van der Waals surface area contributed by atoms with Crippen LogP contribution in [-0.2, 0) is 6.54 Å². The predicted molar refractivity (Wildman–Crippen MR) is 79.2 cm³/mol. The van der Waals surface area contributed by atoms with Crippen LogP contribution < -0.4 is 5.32 Å². The molecule has 0 amide bonds. The van der Waals surface area contributed by atoms with E-state index in [1.165, 1.54) is 37.8 Å². The monoisotopic (exact) mass is 264 g/mol. The van der Waals surface area contributed by atoms with Crippen LogP contribution in [0.15, 0.2) is 12.3 Å². The van der Waals surface area contributed by atoms with Crippen molar-refractivity contribution in [2.75, 3.05) is 20.6 Å². The predicted octanol–water partition coefficient (Wildman–Crippen LogP) is 2.43. The van der Waals surface area contributed by atoms with Gasteiger partial charge in [-0.25, -0.2) is 0 Å². The van der Waals surface area contributed by atoms with Crippen LogP contribution in [0.1, 0.15) is 50.8 Å². The smallest absolute Gasteiger partial charge is 0.0762 e. The highest BCUT2D eigenvalue weighted by atomic mass is 15.3. The third-order valence-corrected chi connectivity index (χ3v) is 4.00. The van der Waals surface area contributed by atoms with Gasteiger partial charge in [0.25, 0.3) is 0 Å². The summed E-state index contributed by atoms with van der Waals surface area (Å²) < 4.78 is 2.18. The molecule has 0 aromatic carbocycles. The van der Waals surface area contributed by atoms with E-state index in [4.69, 9.17) is 5.10 Å². The maximum absolute atomic E-state index is 4.70. The van der Waals surface area contributed by atoms with Gasteiger partial charge in [0.05, 0.1) is 11.7 Å². The van der Waals surface area contributed by atoms with Gasteiger partial charge in [0, 0.05) is 18.8 Å². The normalized spacial score (nSPS) is 18.3. The Morgan fingerprint density at radius 3 is 2.84 bits per heavy atom. The summed E-state index contributed by atoms with van der Waals surface area (Å²) in [6.45, 7) is 4.26. The van der Waals surface area contributed by atoms with Crippen molar-refractivity contribution in [3.8, 4) is 0 Å². The van der Waals surface area contributed by atoms with Crippen LogP contribution in [0, 0.1) is 0 Å².